The molecule has 1 aliphatic rings. The van der Waals surface area contributed by atoms with Gasteiger partial charge in [0.1, 0.15) is 0 Å². The maximum absolute atomic E-state index is 13.9. The molecule has 0 radical (unpaired) electrons. The zero-order valence-electron chi connectivity index (χ0n) is 12.6. The van der Waals surface area contributed by atoms with Crippen LogP contribution in [0.5, 0.6) is 0 Å². The van der Waals surface area contributed by atoms with Crippen molar-refractivity contribution in [2.45, 2.75) is 32.7 Å². The first-order valence-corrected chi connectivity index (χ1v) is 7.37. The van der Waals surface area contributed by atoms with Crippen LogP contribution in [0.15, 0.2) is 6.20 Å². The number of likely N-dealkylation sites (N-methyl/N-ethyl adjacent to an activating group) is 2. The van der Waals surface area contributed by atoms with Crippen LogP contribution in [0.25, 0.3) is 0 Å². The highest BCUT2D eigenvalue weighted by Crippen LogP contribution is 2.21. The molecular weight excluding hydrogens is 257 g/mol. The van der Waals surface area contributed by atoms with Gasteiger partial charge in [0.15, 0.2) is 11.6 Å². The van der Waals surface area contributed by atoms with Gasteiger partial charge in [-0.1, -0.05) is 6.92 Å². The Kier molecular flexibility index (Phi) is 5.11. The van der Waals surface area contributed by atoms with Crippen LogP contribution in [-0.2, 0) is 0 Å². The lowest BCUT2D eigenvalue weighted by atomic mass is 10.2. The van der Waals surface area contributed by atoms with Crippen molar-refractivity contribution in [2.24, 2.45) is 0 Å². The number of halogens is 1. The highest BCUT2D eigenvalue weighted by Gasteiger charge is 2.25. The second-order valence-electron chi connectivity index (χ2n) is 5.20. The zero-order chi connectivity index (χ0) is 14.5. The van der Waals surface area contributed by atoms with Gasteiger partial charge in [0.2, 0.25) is 5.95 Å². The van der Waals surface area contributed by atoms with Crippen molar-refractivity contribution in [3.63, 3.8) is 0 Å². The first-order chi connectivity index (χ1) is 9.65. The third-order valence-electron chi connectivity index (χ3n) is 3.81. The Morgan fingerprint density at radius 3 is 3.00 bits per heavy atom. The van der Waals surface area contributed by atoms with Crippen molar-refractivity contribution in [3.8, 4) is 0 Å². The summed E-state index contributed by atoms with van der Waals surface area (Å²) in [5.41, 5.74) is 0. The Hall–Kier alpha value is -1.43. The van der Waals surface area contributed by atoms with Crippen LogP contribution in [-0.4, -0.2) is 54.1 Å². The average Bonchev–Trinajstić information content (AvgIpc) is 2.88. The third-order valence-corrected chi connectivity index (χ3v) is 3.81. The highest BCUT2D eigenvalue weighted by molar-refractivity contribution is 5.43. The number of nitrogens with one attached hydrogen (secondary N) is 1. The summed E-state index contributed by atoms with van der Waals surface area (Å²) < 4.78 is 13.9. The summed E-state index contributed by atoms with van der Waals surface area (Å²) in [6, 6.07) is 0.488. The van der Waals surface area contributed by atoms with E-state index in [9.17, 15) is 4.39 Å². The van der Waals surface area contributed by atoms with Gasteiger partial charge in [-0.05, 0) is 32.9 Å². The minimum absolute atomic E-state index is 0.366. The smallest absolute Gasteiger partial charge is 0.224 e. The minimum atomic E-state index is -0.366. The van der Waals surface area contributed by atoms with Crippen LogP contribution >= 0.6 is 0 Å². The molecule has 1 atom stereocenters. The van der Waals surface area contributed by atoms with Crippen LogP contribution < -0.4 is 10.2 Å². The molecular formula is C14H24FN5. The van der Waals surface area contributed by atoms with Crippen LogP contribution in [0.4, 0.5) is 16.2 Å². The predicted molar refractivity (Wildman–Crippen MR) is 79.7 cm³/mol. The van der Waals surface area contributed by atoms with Gasteiger partial charge >= 0.3 is 0 Å². The van der Waals surface area contributed by atoms with Gasteiger partial charge in [-0.2, -0.15) is 4.98 Å². The Morgan fingerprint density at radius 2 is 2.30 bits per heavy atom. The molecule has 1 aliphatic heterocycles. The molecule has 1 unspecified atom stereocenters. The standard InChI is InChI=1S/C14H24FN5/c1-4-16-14-17-9-12(15)13(18-14)19(3)10-11-7-6-8-20(11)5-2/h9,11H,4-8,10H2,1-3H3,(H,16,17,18). The van der Waals surface area contributed by atoms with E-state index in [0.29, 0.717) is 17.8 Å². The maximum atomic E-state index is 13.9. The molecule has 5 nitrogen and oxygen atoms in total. The molecule has 1 aromatic heterocycles. The Balaban J connectivity index is 2.07. The van der Waals surface area contributed by atoms with Crippen molar-refractivity contribution in [1.82, 2.24) is 14.9 Å². The van der Waals surface area contributed by atoms with Crippen molar-refractivity contribution in [2.75, 3.05) is 43.4 Å². The monoisotopic (exact) mass is 281 g/mol. The molecule has 1 aromatic rings. The van der Waals surface area contributed by atoms with E-state index in [1.165, 1.54) is 19.0 Å². The minimum Gasteiger partial charge on any atom is -0.356 e. The number of aromatic nitrogens is 2. The zero-order valence-corrected chi connectivity index (χ0v) is 12.6. The molecule has 1 fully saturated rings. The first kappa shape index (κ1) is 15.0. The summed E-state index contributed by atoms with van der Waals surface area (Å²) in [5.74, 6) is 0.489. The number of rotatable bonds is 6. The van der Waals surface area contributed by atoms with Gasteiger partial charge in [-0.3, -0.25) is 4.90 Å². The fraction of sp³-hybridized carbons (Fsp3) is 0.714. The summed E-state index contributed by atoms with van der Waals surface area (Å²) in [5, 5.41) is 3.02. The lowest BCUT2D eigenvalue weighted by molar-refractivity contribution is 0.270. The molecule has 20 heavy (non-hydrogen) atoms. The van der Waals surface area contributed by atoms with Crippen molar-refractivity contribution in [1.29, 1.82) is 0 Å². The topological polar surface area (TPSA) is 44.3 Å². The molecule has 0 aliphatic carbocycles. The number of hydrogen-bond acceptors (Lipinski definition) is 5. The van der Waals surface area contributed by atoms with Gasteiger partial charge in [-0.25, -0.2) is 9.37 Å². The van der Waals surface area contributed by atoms with Crippen molar-refractivity contribution < 1.29 is 4.39 Å². The van der Waals surface area contributed by atoms with E-state index < -0.39 is 0 Å². The van der Waals surface area contributed by atoms with Crippen LogP contribution in [0.1, 0.15) is 26.7 Å². The summed E-state index contributed by atoms with van der Waals surface area (Å²) in [4.78, 5) is 12.5. The fourth-order valence-electron chi connectivity index (χ4n) is 2.79. The van der Waals surface area contributed by atoms with E-state index in [-0.39, 0.29) is 5.82 Å². The van der Waals surface area contributed by atoms with E-state index in [2.05, 4.69) is 27.1 Å². The predicted octanol–water partition coefficient (Wildman–Crippen LogP) is 1.97. The molecule has 0 bridgehead atoms. The SMILES string of the molecule is CCNc1ncc(F)c(N(C)CC2CCCN2CC)n1. The molecule has 112 valence electrons. The lowest BCUT2D eigenvalue weighted by Gasteiger charge is -2.28. The van der Waals surface area contributed by atoms with Gasteiger partial charge in [0, 0.05) is 26.2 Å². The Morgan fingerprint density at radius 1 is 1.50 bits per heavy atom. The second-order valence-corrected chi connectivity index (χ2v) is 5.20. The largest absolute Gasteiger partial charge is 0.356 e. The quantitative estimate of drug-likeness (QED) is 0.863. The molecule has 0 spiro atoms. The first-order valence-electron chi connectivity index (χ1n) is 7.37. The van der Waals surface area contributed by atoms with Crippen LogP contribution in [0.2, 0.25) is 0 Å². The second kappa shape index (κ2) is 6.83. The number of hydrogen-bond donors (Lipinski definition) is 1. The van der Waals surface area contributed by atoms with Gasteiger partial charge in [0.25, 0.3) is 0 Å². The average molecular weight is 281 g/mol. The molecule has 2 rings (SSSR count). The van der Waals surface area contributed by atoms with Crippen molar-refractivity contribution in [3.05, 3.63) is 12.0 Å². The van der Waals surface area contributed by atoms with Crippen molar-refractivity contribution >= 4 is 11.8 Å². The summed E-state index contributed by atoms with van der Waals surface area (Å²) in [6.45, 7) is 7.85. The molecule has 2 heterocycles. The van der Waals surface area contributed by atoms with Gasteiger partial charge in [0.05, 0.1) is 6.20 Å². The number of likely N-dealkylation sites (tertiary alicyclic amines) is 1. The Labute approximate surface area is 120 Å². The van der Waals surface area contributed by atoms with Crippen LogP contribution in [0.3, 0.4) is 0 Å². The summed E-state index contributed by atoms with van der Waals surface area (Å²) in [6.07, 6.45) is 3.63. The van der Waals surface area contributed by atoms with E-state index >= 15 is 0 Å². The molecule has 0 aromatic carbocycles. The lowest BCUT2D eigenvalue weighted by Crippen LogP contribution is -2.39. The van der Waals surface area contributed by atoms with E-state index in [0.717, 1.165) is 26.2 Å². The normalized spacial score (nSPS) is 19.3. The molecule has 6 heteroatoms. The van der Waals surface area contributed by atoms with Gasteiger partial charge in [-0.15, -0.1) is 0 Å². The molecule has 0 saturated carbocycles. The highest BCUT2D eigenvalue weighted by atomic mass is 19.1. The fourth-order valence-corrected chi connectivity index (χ4v) is 2.79. The van der Waals surface area contributed by atoms with E-state index in [4.69, 9.17) is 0 Å². The van der Waals surface area contributed by atoms with Crippen LogP contribution in [0, 0.1) is 5.82 Å². The molecule has 1 saturated heterocycles. The number of anilines is 2. The van der Waals surface area contributed by atoms with E-state index in [1.807, 2.05) is 18.9 Å². The molecule has 0 amide bonds. The maximum Gasteiger partial charge on any atom is 0.224 e. The molecule has 1 N–H and O–H groups in total. The van der Waals surface area contributed by atoms with Gasteiger partial charge < -0.3 is 10.2 Å². The summed E-state index contributed by atoms with van der Waals surface area (Å²) in [7, 11) is 1.90. The summed E-state index contributed by atoms with van der Waals surface area (Å²) >= 11 is 0. The Bertz CT molecular complexity index is 440. The van der Waals surface area contributed by atoms with E-state index in [1.54, 1.807) is 0 Å². The number of nitrogens with zero attached hydrogens (tertiary/aromatic N) is 4. The third kappa shape index (κ3) is 3.36.